The van der Waals surface area contributed by atoms with Gasteiger partial charge in [-0.3, -0.25) is 4.98 Å². The average Bonchev–Trinajstić information content (AvgIpc) is 3.05. The van der Waals surface area contributed by atoms with Gasteiger partial charge in [-0.05, 0) is 103 Å². The van der Waals surface area contributed by atoms with Crippen molar-refractivity contribution in [2.75, 3.05) is 0 Å². The highest BCUT2D eigenvalue weighted by atomic mass is 14.6. The molecule has 0 amide bonds. The normalized spacial score (nSPS) is 40.2. The molecule has 1 aromatic rings. The van der Waals surface area contributed by atoms with Gasteiger partial charge >= 0.3 is 0 Å². The predicted molar refractivity (Wildman–Crippen MR) is 111 cm³/mol. The van der Waals surface area contributed by atoms with Gasteiger partial charge in [-0.25, -0.2) is 0 Å². The van der Waals surface area contributed by atoms with E-state index in [2.05, 4.69) is 55.0 Å². The molecule has 1 nitrogen and oxygen atoms in total. The monoisotopic (exact) mass is 356 g/mol. The highest BCUT2D eigenvalue weighted by Crippen LogP contribution is 2.66. The number of hydrogen-bond donors (Lipinski definition) is 0. The van der Waals surface area contributed by atoms with Crippen molar-refractivity contribution < 1.29 is 0 Å². The molecule has 5 rings (SSSR count). The molecule has 3 unspecified atom stereocenters. The first-order valence-corrected chi connectivity index (χ1v) is 10.7. The van der Waals surface area contributed by atoms with Crippen LogP contribution in [0.5, 0.6) is 0 Å². The molecule has 0 spiro atoms. The fourth-order valence-electron chi connectivity index (χ4n) is 7.17. The van der Waals surface area contributed by atoms with E-state index in [4.69, 9.17) is 6.58 Å². The molecule has 0 saturated heterocycles. The lowest BCUT2D eigenvalue weighted by Gasteiger charge is -2.57. The van der Waals surface area contributed by atoms with Crippen molar-refractivity contribution in [1.82, 2.24) is 4.98 Å². The first-order valence-electron chi connectivity index (χ1n) is 10.7. The maximum absolute atomic E-state index is 5.73. The summed E-state index contributed by atoms with van der Waals surface area (Å²) < 4.78 is 0. The van der Waals surface area contributed by atoms with E-state index in [1.54, 1.807) is 11.1 Å². The van der Waals surface area contributed by atoms with E-state index in [0.717, 1.165) is 30.6 Å². The molecule has 1 aromatic heterocycles. The Morgan fingerprint density at radius 3 is 2.78 bits per heavy atom. The molecule has 4 aliphatic carbocycles. The predicted octanol–water partition coefficient (Wildman–Crippen LogP) is 6.55. The molecule has 0 aromatic carbocycles. The van der Waals surface area contributed by atoms with Gasteiger partial charge in [-0.1, -0.05) is 37.6 Å². The van der Waals surface area contributed by atoms with Gasteiger partial charge in [0.25, 0.3) is 0 Å². The molecule has 139 valence electrons. The molecular weight excluding hydrogens is 326 g/mol. The van der Waals surface area contributed by atoms with E-state index in [1.807, 2.05) is 6.20 Å². The molecule has 1 radical (unpaired) electrons. The van der Waals surface area contributed by atoms with Crippen LogP contribution in [0.2, 0.25) is 0 Å². The molecule has 0 aliphatic heterocycles. The summed E-state index contributed by atoms with van der Waals surface area (Å²) in [5, 5.41) is 0. The molecule has 2 saturated carbocycles. The molecule has 27 heavy (non-hydrogen) atoms. The number of rotatable bonds is 1. The van der Waals surface area contributed by atoms with Crippen molar-refractivity contribution in [3.05, 3.63) is 65.7 Å². The van der Waals surface area contributed by atoms with Gasteiger partial charge in [0.2, 0.25) is 0 Å². The highest BCUT2D eigenvalue weighted by Gasteiger charge is 2.56. The lowest BCUT2D eigenvalue weighted by Crippen LogP contribution is -2.48. The summed E-state index contributed by atoms with van der Waals surface area (Å²) in [7, 11) is 0. The number of allylic oxidation sites excluding steroid dienone is 5. The van der Waals surface area contributed by atoms with Gasteiger partial charge in [0.15, 0.2) is 0 Å². The van der Waals surface area contributed by atoms with Crippen molar-refractivity contribution in [3.8, 4) is 0 Å². The largest absolute Gasteiger partial charge is 0.264 e. The van der Waals surface area contributed by atoms with E-state index in [-0.39, 0.29) is 0 Å². The minimum Gasteiger partial charge on any atom is -0.264 e. The zero-order valence-electron chi connectivity index (χ0n) is 16.7. The van der Waals surface area contributed by atoms with Crippen LogP contribution in [0, 0.1) is 35.2 Å². The summed E-state index contributed by atoms with van der Waals surface area (Å²) in [6, 6.07) is 4.33. The summed E-state index contributed by atoms with van der Waals surface area (Å²) in [5.74, 6) is 2.42. The summed E-state index contributed by atoms with van der Waals surface area (Å²) >= 11 is 0. The average molecular weight is 357 g/mol. The number of aromatic nitrogens is 1. The van der Waals surface area contributed by atoms with E-state index in [1.165, 1.54) is 43.2 Å². The Balaban J connectivity index is 1.48. The van der Waals surface area contributed by atoms with Crippen LogP contribution in [0.1, 0.15) is 64.4 Å². The highest BCUT2D eigenvalue weighted by molar-refractivity contribution is 5.72. The fourth-order valence-corrected chi connectivity index (χ4v) is 7.17. The van der Waals surface area contributed by atoms with Crippen LogP contribution >= 0.6 is 0 Å². The second-order valence-corrected chi connectivity index (χ2v) is 9.74. The maximum atomic E-state index is 5.73. The van der Waals surface area contributed by atoms with Crippen LogP contribution in [0.25, 0.3) is 5.57 Å². The third-order valence-corrected chi connectivity index (χ3v) is 8.73. The summed E-state index contributed by atoms with van der Waals surface area (Å²) in [4.78, 5) is 4.39. The molecule has 2 fully saturated rings. The van der Waals surface area contributed by atoms with E-state index >= 15 is 0 Å². The Morgan fingerprint density at radius 2 is 2.00 bits per heavy atom. The van der Waals surface area contributed by atoms with Gasteiger partial charge in [-0.2, -0.15) is 0 Å². The van der Waals surface area contributed by atoms with Gasteiger partial charge in [0, 0.05) is 12.4 Å². The van der Waals surface area contributed by atoms with Gasteiger partial charge in [-0.15, -0.1) is 5.73 Å². The van der Waals surface area contributed by atoms with E-state index in [0.29, 0.717) is 10.8 Å². The Kier molecular flexibility index (Phi) is 3.89. The third kappa shape index (κ3) is 2.41. The van der Waals surface area contributed by atoms with Crippen molar-refractivity contribution >= 4 is 5.57 Å². The lowest BCUT2D eigenvalue weighted by molar-refractivity contribution is -0.00653. The van der Waals surface area contributed by atoms with Crippen molar-refractivity contribution in [1.29, 1.82) is 0 Å². The molecular formula is C26H30N. The first-order chi connectivity index (χ1) is 13.1. The molecule has 4 aliphatic rings. The number of fused-ring (bicyclic) bond motifs is 5. The zero-order chi connectivity index (χ0) is 18.6. The Morgan fingerprint density at radius 1 is 1.11 bits per heavy atom. The number of hydrogen-bond acceptors (Lipinski definition) is 1. The first kappa shape index (κ1) is 17.3. The zero-order valence-corrected chi connectivity index (χ0v) is 16.7. The second kappa shape index (κ2) is 6.08. The van der Waals surface area contributed by atoms with Gasteiger partial charge in [0.1, 0.15) is 0 Å². The quantitative estimate of drug-likeness (QED) is 0.410. The van der Waals surface area contributed by atoms with Crippen LogP contribution in [0.4, 0.5) is 0 Å². The molecule has 0 bridgehead atoms. The molecule has 1 heterocycles. The van der Waals surface area contributed by atoms with Crippen LogP contribution in [0.3, 0.4) is 0 Å². The molecule has 1 heteroatoms. The fraction of sp³-hybridized carbons (Fsp3) is 0.538. The lowest BCUT2D eigenvalue weighted by atomic mass is 9.47. The standard InChI is InChI=1S/C26H30N/c1-4-18-11-13-25(2)20(16-18)7-8-21-23-10-9-22(19-6-5-15-27-17-19)26(23,3)14-12-24(21)25/h1,5-7,9,15,17,21,23-24H,8,10-14,16H2,2-3H3/t4?,21?,23?,24?,25-,26+/m0/s1. The minimum atomic E-state index is 0.316. The maximum Gasteiger partial charge on any atom is 0.0343 e. The van der Waals surface area contributed by atoms with Crippen molar-refractivity contribution in [3.63, 3.8) is 0 Å². The minimum absolute atomic E-state index is 0.316. The van der Waals surface area contributed by atoms with Crippen molar-refractivity contribution in [2.24, 2.45) is 28.6 Å². The Labute approximate surface area is 164 Å². The van der Waals surface area contributed by atoms with Gasteiger partial charge < -0.3 is 0 Å². The molecule has 5 atom stereocenters. The smallest absolute Gasteiger partial charge is 0.0343 e. The Hall–Kier alpha value is -1.85. The van der Waals surface area contributed by atoms with E-state index < -0.39 is 0 Å². The molecule has 0 N–H and O–H groups in total. The van der Waals surface area contributed by atoms with Gasteiger partial charge in [0.05, 0.1) is 0 Å². The summed E-state index contributed by atoms with van der Waals surface area (Å²) in [5.41, 5.74) is 9.52. The number of nitrogens with zero attached hydrogens (tertiary/aromatic N) is 1. The van der Waals surface area contributed by atoms with Crippen LogP contribution in [-0.4, -0.2) is 4.98 Å². The number of pyridine rings is 1. The van der Waals surface area contributed by atoms with Crippen molar-refractivity contribution in [2.45, 2.75) is 58.8 Å². The van der Waals surface area contributed by atoms with Crippen LogP contribution in [-0.2, 0) is 0 Å². The topological polar surface area (TPSA) is 12.9 Å². The van der Waals surface area contributed by atoms with Crippen LogP contribution < -0.4 is 0 Å². The third-order valence-electron chi connectivity index (χ3n) is 8.73. The SMILES string of the molecule is [CH]=C=C1CC[C@@]2(C)C(=CCC3C2CC[C@]2(C)C(c4cccnc4)=CCC32)C1. The van der Waals surface area contributed by atoms with Crippen LogP contribution in [0.15, 0.2) is 53.6 Å². The Bertz CT molecular complexity index is 869. The summed E-state index contributed by atoms with van der Waals surface area (Å²) in [6.45, 7) is 10.8. The summed E-state index contributed by atoms with van der Waals surface area (Å²) in [6.07, 6.45) is 17.7. The second-order valence-electron chi connectivity index (χ2n) is 9.74. The van der Waals surface area contributed by atoms with E-state index in [9.17, 15) is 0 Å².